The predicted molar refractivity (Wildman–Crippen MR) is 146 cm³/mol. The van der Waals surface area contributed by atoms with E-state index in [0.29, 0.717) is 12.1 Å². The maximum absolute atomic E-state index is 13.6. The minimum absolute atomic E-state index is 0.0848. The second kappa shape index (κ2) is 12.2. The van der Waals surface area contributed by atoms with E-state index in [4.69, 9.17) is 0 Å². The molecule has 3 aromatic carbocycles. The van der Waals surface area contributed by atoms with Crippen LogP contribution in [0.15, 0.2) is 89.8 Å². The van der Waals surface area contributed by atoms with E-state index in [1.54, 1.807) is 49.4 Å². The fraction of sp³-hybridized carbons (Fsp3) is 0.231. The Kier molecular flexibility index (Phi) is 9.27. The fourth-order valence-corrected chi connectivity index (χ4v) is 5.43. The zero-order chi connectivity index (χ0) is 25.4. The van der Waals surface area contributed by atoms with E-state index in [2.05, 4.69) is 27.9 Å². The van der Waals surface area contributed by atoms with Gasteiger partial charge in [-0.25, -0.2) is 8.42 Å². The first kappa shape index (κ1) is 26.7. The number of anilines is 1. The van der Waals surface area contributed by atoms with E-state index in [1.165, 1.54) is 24.1 Å². The first-order chi connectivity index (χ1) is 16.7. The third kappa shape index (κ3) is 6.82. The molecule has 0 aliphatic carbocycles. The highest BCUT2D eigenvalue weighted by atomic mass is 127. The standard InChI is InChI=1S/C26H28IN3O4S/c1-20(26(32)28-2)29(18-17-21-9-5-3-6-10-21)25(31)19-30(23-15-13-22(27)14-16-23)35(33,34)24-11-7-4-8-12-24/h3-16,20H,17-19H2,1-2H3,(H,28,32)/t20-/m1/s1. The van der Waals surface area contributed by atoms with Gasteiger partial charge in [-0.3, -0.25) is 13.9 Å². The first-order valence-electron chi connectivity index (χ1n) is 11.1. The Labute approximate surface area is 220 Å². The van der Waals surface area contributed by atoms with Crippen LogP contribution in [0.25, 0.3) is 0 Å². The van der Waals surface area contributed by atoms with Crippen LogP contribution in [-0.4, -0.2) is 51.3 Å². The molecule has 0 fully saturated rings. The quantitative estimate of drug-likeness (QED) is 0.358. The molecule has 0 spiro atoms. The smallest absolute Gasteiger partial charge is 0.264 e. The number of nitrogens with one attached hydrogen (secondary N) is 1. The van der Waals surface area contributed by atoms with Gasteiger partial charge in [0.05, 0.1) is 10.6 Å². The van der Waals surface area contributed by atoms with Crippen molar-refractivity contribution in [3.63, 3.8) is 0 Å². The molecular weight excluding hydrogens is 577 g/mol. The van der Waals surface area contributed by atoms with Gasteiger partial charge in [0.25, 0.3) is 10.0 Å². The van der Waals surface area contributed by atoms with Gasteiger partial charge in [-0.15, -0.1) is 0 Å². The molecule has 9 heteroatoms. The second-order valence-electron chi connectivity index (χ2n) is 7.91. The number of rotatable bonds is 10. The van der Waals surface area contributed by atoms with E-state index in [1.807, 2.05) is 30.3 Å². The Hall–Kier alpha value is -2.92. The molecule has 0 radical (unpaired) electrons. The predicted octanol–water partition coefficient (Wildman–Crippen LogP) is 3.69. The molecule has 3 aromatic rings. The van der Waals surface area contributed by atoms with Gasteiger partial charge >= 0.3 is 0 Å². The van der Waals surface area contributed by atoms with Crippen molar-refractivity contribution in [2.45, 2.75) is 24.3 Å². The minimum Gasteiger partial charge on any atom is -0.357 e. The highest BCUT2D eigenvalue weighted by molar-refractivity contribution is 14.1. The monoisotopic (exact) mass is 605 g/mol. The lowest BCUT2D eigenvalue weighted by Gasteiger charge is -2.31. The molecule has 2 amide bonds. The highest BCUT2D eigenvalue weighted by Crippen LogP contribution is 2.25. The molecule has 0 saturated carbocycles. The summed E-state index contributed by atoms with van der Waals surface area (Å²) in [6, 6.07) is 23.8. The Morgan fingerprint density at radius 2 is 1.49 bits per heavy atom. The van der Waals surface area contributed by atoms with Crippen LogP contribution < -0.4 is 9.62 Å². The molecule has 0 aromatic heterocycles. The summed E-state index contributed by atoms with van der Waals surface area (Å²) >= 11 is 2.14. The Morgan fingerprint density at radius 1 is 0.914 bits per heavy atom. The van der Waals surface area contributed by atoms with Crippen LogP contribution >= 0.6 is 22.6 Å². The number of amides is 2. The van der Waals surface area contributed by atoms with Crippen molar-refractivity contribution in [1.82, 2.24) is 10.2 Å². The summed E-state index contributed by atoms with van der Waals surface area (Å²) in [6.07, 6.45) is 0.531. The lowest BCUT2D eigenvalue weighted by atomic mass is 10.1. The number of carbonyl (C=O) groups excluding carboxylic acids is 2. The number of sulfonamides is 1. The molecule has 1 N–H and O–H groups in total. The Morgan fingerprint density at radius 3 is 2.06 bits per heavy atom. The fourth-order valence-electron chi connectivity index (χ4n) is 3.63. The SMILES string of the molecule is CNC(=O)[C@@H](C)N(CCc1ccccc1)C(=O)CN(c1ccc(I)cc1)S(=O)(=O)c1ccccc1. The van der Waals surface area contributed by atoms with E-state index < -0.39 is 28.5 Å². The zero-order valence-corrected chi connectivity index (χ0v) is 22.6. The topological polar surface area (TPSA) is 86.8 Å². The van der Waals surface area contributed by atoms with Crippen molar-refractivity contribution < 1.29 is 18.0 Å². The normalized spacial score (nSPS) is 12.0. The van der Waals surface area contributed by atoms with Gasteiger partial charge in [0.15, 0.2) is 0 Å². The number of carbonyl (C=O) groups is 2. The molecular formula is C26H28IN3O4S. The van der Waals surface area contributed by atoms with Crippen molar-refractivity contribution >= 4 is 50.1 Å². The van der Waals surface area contributed by atoms with Crippen molar-refractivity contribution in [3.05, 3.63) is 94.1 Å². The van der Waals surface area contributed by atoms with Crippen molar-refractivity contribution in [3.8, 4) is 0 Å². The van der Waals surface area contributed by atoms with Crippen LogP contribution in [0, 0.1) is 3.57 Å². The number of hydrogen-bond donors (Lipinski definition) is 1. The maximum atomic E-state index is 13.6. The number of halogens is 1. The van der Waals surface area contributed by atoms with Gasteiger partial charge in [-0.05, 0) is 77.9 Å². The summed E-state index contributed by atoms with van der Waals surface area (Å²) in [6.45, 7) is 1.47. The summed E-state index contributed by atoms with van der Waals surface area (Å²) in [5.41, 5.74) is 1.39. The number of nitrogens with zero attached hydrogens (tertiary/aromatic N) is 2. The van der Waals surface area contributed by atoms with E-state index in [-0.39, 0.29) is 17.3 Å². The molecule has 1 atom stereocenters. The Balaban J connectivity index is 1.95. The molecule has 0 aliphatic rings. The molecule has 35 heavy (non-hydrogen) atoms. The zero-order valence-electron chi connectivity index (χ0n) is 19.6. The van der Waals surface area contributed by atoms with Crippen LogP contribution in [-0.2, 0) is 26.0 Å². The molecule has 0 bridgehead atoms. The van der Waals surface area contributed by atoms with Gasteiger partial charge in [0.2, 0.25) is 11.8 Å². The third-order valence-corrected chi connectivity index (χ3v) is 8.13. The van der Waals surface area contributed by atoms with Crippen molar-refractivity contribution in [1.29, 1.82) is 0 Å². The van der Waals surface area contributed by atoms with Gasteiger partial charge in [-0.1, -0.05) is 48.5 Å². The summed E-state index contributed by atoms with van der Waals surface area (Å²) in [5.74, 6) is -0.784. The number of likely N-dealkylation sites (N-methyl/N-ethyl adjacent to an activating group) is 1. The van der Waals surface area contributed by atoms with Crippen molar-refractivity contribution in [2.75, 3.05) is 24.4 Å². The number of benzene rings is 3. The largest absolute Gasteiger partial charge is 0.357 e. The van der Waals surface area contributed by atoms with Crippen molar-refractivity contribution in [2.24, 2.45) is 0 Å². The second-order valence-corrected chi connectivity index (χ2v) is 11.0. The van der Waals surface area contributed by atoms with E-state index in [9.17, 15) is 18.0 Å². The maximum Gasteiger partial charge on any atom is 0.264 e. The third-order valence-electron chi connectivity index (χ3n) is 5.62. The lowest BCUT2D eigenvalue weighted by molar-refractivity contribution is -0.138. The summed E-state index contributed by atoms with van der Waals surface area (Å²) < 4.78 is 29.2. The highest BCUT2D eigenvalue weighted by Gasteiger charge is 2.32. The van der Waals surface area contributed by atoms with Gasteiger partial charge in [0, 0.05) is 17.2 Å². The van der Waals surface area contributed by atoms with Gasteiger partial charge < -0.3 is 10.2 Å². The average Bonchev–Trinajstić information content (AvgIpc) is 2.88. The van der Waals surface area contributed by atoms with Crippen LogP contribution in [0.3, 0.4) is 0 Å². The molecule has 0 saturated heterocycles. The average molecular weight is 605 g/mol. The van der Waals surface area contributed by atoms with Crippen LogP contribution in [0.2, 0.25) is 0 Å². The molecule has 0 unspecified atom stereocenters. The molecule has 184 valence electrons. The van der Waals surface area contributed by atoms with E-state index >= 15 is 0 Å². The molecule has 3 rings (SSSR count). The molecule has 0 aliphatic heterocycles. The summed E-state index contributed by atoms with van der Waals surface area (Å²) in [4.78, 5) is 27.6. The first-order valence-corrected chi connectivity index (χ1v) is 13.6. The van der Waals surface area contributed by atoms with E-state index in [0.717, 1.165) is 13.4 Å². The summed E-state index contributed by atoms with van der Waals surface area (Å²) in [5, 5.41) is 2.58. The summed E-state index contributed by atoms with van der Waals surface area (Å²) in [7, 11) is -2.52. The van der Waals surface area contributed by atoms with Crippen LogP contribution in [0.4, 0.5) is 5.69 Å². The van der Waals surface area contributed by atoms with Crippen LogP contribution in [0.1, 0.15) is 12.5 Å². The van der Waals surface area contributed by atoms with Crippen LogP contribution in [0.5, 0.6) is 0 Å². The minimum atomic E-state index is -4.03. The molecule has 7 nitrogen and oxygen atoms in total. The Bertz CT molecular complexity index is 1240. The van der Waals surface area contributed by atoms with Gasteiger partial charge in [0.1, 0.15) is 12.6 Å². The lowest BCUT2D eigenvalue weighted by Crippen LogP contribution is -2.51. The van der Waals surface area contributed by atoms with Gasteiger partial charge in [-0.2, -0.15) is 0 Å². The molecule has 0 heterocycles. The number of hydrogen-bond acceptors (Lipinski definition) is 4.